The first-order valence-corrected chi connectivity index (χ1v) is 3.10. The van der Waals surface area contributed by atoms with E-state index in [0.29, 0.717) is 0 Å². The van der Waals surface area contributed by atoms with Crippen molar-refractivity contribution < 1.29 is 48.9 Å². The van der Waals surface area contributed by atoms with Crippen molar-refractivity contribution in [2.45, 2.75) is 19.5 Å². The summed E-state index contributed by atoms with van der Waals surface area (Å²) in [4.78, 5) is 18.7. The molecule has 0 saturated heterocycles. The molecule has 2 N–H and O–H groups in total. The molecule has 7 heteroatoms. The Hall–Kier alpha value is -0.603. The summed E-state index contributed by atoms with van der Waals surface area (Å²) in [6, 6.07) is 0. The van der Waals surface area contributed by atoms with Crippen LogP contribution in [0.3, 0.4) is 0 Å². The van der Waals surface area contributed by atoms with Crippen LogP contribution in [0.2, 0.25) is 0 Å². The largest absolute Gasteiger partial charge is 1.00 e. The van der Waals surface area contributed by atoms with Crippen molar-refractivity contribution >= 4 is 11.9 Å². The minimum Gasteiger partial charge on any atom is -1.00 e. The van der Waals surface area contributed by atoms with Gasteiger partial charge in [0.2, 0.25) is 6.17 Å². The average molecular weight is 192 g/mol. The van der Waals surface area contributed by atoms with Crippen LogP contribution in [0.25, 0.3) is 0 Å². The third-order valence-corrected chi connectivity index (χ3v) is 0.706. The van der Waals surface area contributed by atoms with Crippen LogP contribution >= 0.6 is 0 Å². The normalized spacial score (nSPS) is 10.1. The third kappa shape index (κ3) is 18.4. The zero-order valence-electron chi connectivity index (χ0n) is 8.46. The first-order chi connectivity index (χ1) is 5.45. The third-order valence-electron chi connectivity index (χ3n) is 0.706. The predicted molar refractivity (Wildman–Crippen MR) is 37.5 cm³/mol. The van der Waals surface area contributed by atoms with E-state index < -0.39 is 24.8 Å². The first kappa shape index (κ1) is 18.2. The molecule has 0 heterocycles. The van der Waals surface area contributed by atoms with Crippen LogP contribution in [-0.4, -0.2) is 35.0 Å². The van der Waals surface area contributed by atoms with Gasteiger partial charge in [-0.2, -0.15) is 0 Å². The number of rotatable bonds is 3. The smallest absolute Gasteiger partial charge is 1.00 e. The van der Waals surface area contributed by atoms with E-state index >= 15 is 0 Å². The number of alkyl halides is 2. The van der Waals surface area contributed by atoms with E-state index in [4.69, 9.17) is 10.2 Å². The fourth-order valence-corrected chi connectivity index (χ4v) is 0.0660. The maximum absolute atomic E-state index is 11.3. The molecular weight excluding hydrogens is 181 g/mol. The monoisotopic (exact) mass is 192 g/mol. The van der Waals surface area contributed by atoms with Crippen LogP contribution in [0.15, 0.2) is 0 Å². The zero-order valence-corrected chi connectivity index (χ0v) is 7.46. The molecule has 0 radical (unpaired) electrons. The Kier molecular flexibility index (Phi) is 16.0. The van der Waals surface area contributed by atoms with Gasteiger partial charge in [-0.1, -0.05) is 6.92 Å². The summed E-state index contributed by atoms with van der Waals surface area (Å²) in [5.74, 6) is -2.49. The zero-order chi connectivity index (χ0) is 10.1. The number of halogens is 2. The van der Waals surface area contributed by atoms with E-state index in [1.54, 1.807) is 6.92 Å². The summed E-state index contributed by atoms with van der Waals surface area (Å²) in [7, 11) is 0. The van der Waals surface area contributed by atoms with Gasteiger partial charge in [0.05, 0.1) is 0 Å². The maximum Gasteiger partial charge on any atom is 1.00 e. The number of carboxylic acid groups (broad SMARTS) is 2. The molecule has 4 nitrogen and oxygen atoms in total. The standard InChI is InChI=1S/C3H4F2O2.C3H6O2.Li.H/c4-1-2(5)3(6)7;1-2-3(4)5;;/h2H,1H2,(H,6,7);2H2,1H3,(H,4,5);;/q;;+1;-1. The van der Waals surface area contributed by atoms with Crippen molar-refractivity contribution in [3.05, 3.63) is 0 Å². The maximum atomic E-state index is 11.3. The molecule has 0 rings (SSSR count). The van der Waals surface area contributed by atoms with E-state index in [9.17, 15) is 18.4 Å². The quantitative estimate of drug-likeness (QED) is 0.506. The summed E-state index contributed by atoms with van der Waals surface area (Å²) >= 11 is 0. The van der Waals surface area contributed by atoms with Gasteiger partial charge in [0.25, 0.3) is 0 Å². The number of carboxylic acids is 2. The van der Waals surface area contributed by atoms with Gasteiger partial charge in [0, 0.05) is 6.42 Å². The predicted octanol–water partition coefficient (Wildman–Crippen LogP) is -2.02. The molecule has 1 atom stereocenters. The Balaban J connectivity index is -0.0000000651. The minimum atomic E-state index is -2.35. The van der Waals surface area contributed by atoms with E-state index in [1.807, 2.05) is 0 Å². The molecule has 0 saturated carbocycles. The van der Waals surface area contributed by atoms with Crippen molar-refractivity contribution in [1.82, 2.24) is 0 Å². The van der Waals surface area contributed by atoms with Gasteiger partial charge >= 0.3 is 30.8 Å². The summed E-state index contributed by atoms with van der Waals surface area (Å²) in [5, 5.41) is 15.3. The Labute approximate surface area is 87.6 Å². The number of hydrogen-bond acceptors (Lipinski definition) is 2. The molecule has 0 aliphatic carbocycles. The molecule has 0 amide bonds. The van der Waals surface area contributed by atoms with E-state index in [1.165, 1.54) is 0 Å². The summed E-state index contributed by atoms with van der Waals surface area (Å²) in [5.41, 5.74) is 0. The van der Waals surface area contributed by atoms with Gasteiger partial charge in [-0.25, -0.2) is 13.6 Å². The SMILES string of the molecule is CCC(=O)O.O=C(O)C(F)CF.[H-].[Li+]. The number of aliphatic carboxylic acids is 2. The van der Waals surface area contributed by atoms with Crippen molar-refractivity contribution in [2.24, 2.45) is 0 Å². The Morgan fingerprint density at radius 3 is 1.77 bits per heavy atom. The fourth-order valence-electron chi connectivity index (χ4n) is 0.0660. The molecule has 0 aliphatic rings. The van der Waals surface area contributed by atoms with Crippen LogP contribution in [0.5, 0.6) is 0 Å². The van der Waals surface area contributed by atoms with Crippen LogP contribution in [0.4, 0.5) is 8.78 Å². The van der Waals surface area contributed by atoms with Gasteiger partial charge in [-0.15, -0.1) is 0 Å². The van der Waals surface area contributed by atoms with E-state index in [0.717, 1.165) is 0 Å². The topological polar surface area (TPSA) is 74.6 Å². The molecule has 0 fully saturated rings. The van der Waals surface area contributed by atoms with Crippen LogP contribution in [-0.2, 0) is 9.59 Å². The minimum absolute atomic E-state index is 0. The van der Waals surface area contributed by atoms with Crippen LogP contribution in [0.1, 0.15) is 14.8 Å². The molecule has 74 valence electrons. The fraction of sp³-hybridized carbons (Fsp3) is 0.667. The van der Waals surface area contributed by atoms with Crippen LogP contribution < -0.4 is 18.9 Å². The molecule has 0 aromatic carbocycles. The van der Waals surface area contributed by atoms with Crippen molar-refractivity contribution in [2.75, 3.05) is 6.67 Å². The Morgan fingerprint density at radius 2 is 1.77 bits per heavy atom. The second-order valence-corrected chi connectivity index (χ2v) is 1.71. The molecular formula is C6H11F2LiO4. The van der Waals surface area contributed by atoms with E-state index in [-0.39, 0.29) is 26.7 Å². The number of carbonyl (C=O) groups is 2. The van der Waals surface area contributed by atoms with Gasteiger partial charge < -0.3 is 11.6 Å². The molecule has 0 aliphatic heterocycles. The van der Waals surface area contributed by atoms with Gasteiger partial charge in [-0.3, -0.25) is 4.79 Å². The number of hydrogen-bond donors (Lipinski definition) is 2. The molecule has 13 heavy (non-hydrogen) atoms. The second-order valence-electron chi connectivity index (χ2n) is 1.71. The molecule has 1 unspecified atom stereocenters. The van der Waals surface area contributed by atoms with E-state index in [2.05, 4.69) is 0 Å². The Morgan fingerprint density at radius 1 is 1.46 bits per heavy atom. The van der Waals surface area contributed by atoms with Gasteiger partial charge in [-0.05, 0) is 0 Å². The molecule has 0 spiro atoms. The second kappa shape index (κ2) is 11.4. The van der Waals surface area contributed by atoms with Crippen molar-refractivity contribution in [3.8, 4) is 0 Å². The average Bonchev–Trinajstić information content (AvgIpc) is 2.04. The first-order valence-electron chi connectivity index (χ1n) is 3.10. The van der Waals surface area contributed by atoms with Gasteiger partial charge in [0.15, 0.2) is 0 Å². The van der Waals surface area contributed by atoms with Crippen molar-refractivity contribution in [1.29, 1.82) is 0 Å². The molecule has 0 aromatic rings. The molecule has 0 aromatic heterocycles. The summed E-state index contributed by atoms with van der Waals surface area (Å²) in [6.07, 6.45) is -2.12. The summed E-state index contributed by atoms with van der Waals surface area (Å²) < 4.78 is 22.2. The van der Waals surface area contributed by atoms with Crippen molar-refractivity contribution in [3.63, 3.8) is 0 Å². The Bertz CT molecular complexity index is 159. The molecule has 0 bridgehead atoms. The summed E-state index contributed by atoms with van der Waals surface area (Å²) in [6.45, 7) is 0.150. The van der Waals surface area contributed by atoms with Gasteiger partial charge in [0.1, 0.15) is 6.67 Å². The van der Waals surface area contributed by atoms with Crippen LogP contribution in [0, 0.1) is 0 Å².